The Kier molecular flexibility index (Phi) is 2.51. The zero-order valence-electron chi connectivity index (χ0n) is 8.08. The van der Waals surface area contributed by atoms with E-state index in [1.54, 1.807) is 6.07 Å². The van der Waals surface area contributed by atoms with Crippen molar-refractivity contribution in [2.24, 2.45) is 0 Å². The summed E-state index contributed by atoms with van der Waals surface area (Å²) in [7, 11) is 0. The van der Waals surface area contributed by atoms with Gasteiger partial charge in [0.1, 0.15) is 5.76 Å². The van der Waals surface area contributed by atoms with E-state index in [-0.39, 0.29) is 11.3 Å². The predicted octanol–water partition coefficient (Wildman–Crippen LogP) is 1.85. The summed E-state index contributed by atoms with van der Waals surface area (Å²) in [6, 6.07) is 4.53. The second-order valence-corrected chi connectivity index (χ2v) is 3.09. The van der Waals surface area contributed by atoms with Crippen LogP contribution in [0.5, 0.6) is 0 Å². The van der Waals surface area contributed by atoms with Gasteiger partial charge in [-0.2, -0.15) is 0 Å². The lowest BCUT2D eigenvalue weighted by Gasteiger charge is -1.97. The minimum absolute atomic E-state index is 0.0709. The van der Waals surface area contributed by atoms with Crippen molar-refractivity contribution in [3.05, 3.63) is 41.9 Å². The van der Waals surface area contributed by atoms with Crippen molar-refractivity contribution in [3.8, 4) is 11.3 Å². The largest absolute Gasteiger partial charge is 0.478 e. The summed E-state index contributed by atoms with van der Waals surface area (Å²) in [4.78, 5) is 24.9. The number of hydrogen-bond acceptors (Lipinski definition) is 4. The first-order valence-corrected chi connectivity index (χ1v) is 4.44. The molecule has 5 nitrogen and oxygen atoms in total. The van der Waals surface area contributed by atoms with Gasteiger partial charge in [-0.15, -0.1) is 0 Å². The average Bonchev–Trinajstić information content (AvgIpc) is 2.77. The molecule has 0 amide bonds. The summed E-state index contributed by atoms with van der Waals surface area (Å²) in [5.41, 5.74) is 0.592. The Morgan fingerprint density at radius 2 is 2.19 bits per heavy atom. The van der Waals surface area contributed by atoms with Crippen LogP contribution in [-0.4, -0.2) is 22.3 Å². The van der Waals surface area contributed by atoms with Gasteiger partial charge < -0.3 is 9.52 Å². The normalized spacial score (nSPS) is 10.0. The lowest BCUT2D eigenvalue weighted by Crippen LogP contribution is -1.96. The third-order valence-electron chi connectivity index (χ3n) is 2.01. The highest BCUT2D eigenvalue weighted by atomic mass is 16.4. The summed E-state index contributed by atoms with van der Waals surface area (Å²) < 4.78 is 5.15. The van der Waals surface area contributed by atoms with Crippen LogP contribution in [0.25, 0.3) is 11.3 Å². The molecular formula is C11H7NO4. The van der Waals surface area contributed by atoms with Gasteiger partial charge in [-0.3, -0.25) is 9.78 Å². The van der Waals surface area contributed by atoms with Gasteiger partial charge in [-0.05, 0) is 18.2 Å². The topological polar surface area (TPSA) is 80.4 Å². The number of aldehydes is 1. The molecule has 1 N–H and O–H groups in total. The van der Waals surface area contributed by atoms with Gasteiger partial charge in [0.05, 0.1) is 5.56 Å². The predicted molar refractivity (Wildman–Crippen MR) is 54.3 cm³/mol. The van der Waals surface area contributed by atoms with Crippen molar-refractivity contribution < 1.29 is 19.1 Å². The summed E-state index contributed by atoms with van der Waals surface area (Å²) >= 11 is 0. The highest BCUT2D eigenvalue weighted by molar-refractivity contribution is 5.88. The van der Waals surface area contributed by atoms with Crippen molar-refractivity contribution >= 4 is 12.3 Å². The molecular weight excluding hydrogens is 210 g/mol. The highest BCUT2D eigenvalue weighted by Crippen LogP contribution is 2.21. The Balaban J connectivity index is 2.43. The van der Waals surface area contributed by atoms with Crippen LogP contribution in [0.15, 0.2) is 35.0 Å². The van der Waals surface area contributed by atoms with E-state index in [1.807, 2.05) is 0 Å². The molecule has 0 aliphatic heterocycles. The van der Waals surface area contributed by atoms with Crippen LogP contribution in [-0.2, 0) is 0 Å². The highest BCUT2D eigenvalue weighted by Gasteiger charge is 2.08. The second kappa shape index (κ2) is 3.98. The molecule has 2 rings (SSSR count). The third-order valence-corrected chi connectivity index (χ3v) is 2.01. The van der Waals surface area contributed by atoms with E-state index in [1.165, 1.54) is 24.5 Å². The average molecular weight is 217 g/mol. The standard InChI is InChI=1S/C11H7NO4/c13-6-9-1-2-10(16-9)7-3-8(11(14)15)5-12-4-7/h1-6H,(H,14,15). The maximum atomic E-state index is 10.7. The number of aromatic nitrogens is 1. The molecule has 2 aromatic rings. The Labute approximate surface area is 90.3 Å². The number of hydrogen-bond donors (Lipinski definition) is 1. The minimum atomic E-state index is -1.06. The number of aromatic carboxylic acids is 1. The Bertz CT molecular complexity index is 544. The van der Waals surface area contributed by atoms with Gasteiger partial charge in [0, 0.05) is 18.0 Å². The molecule has 0 saturated heterocycles. The summed E-state index contributed by atoms with van der Waals surface area (Å²) in [5, 5.41) is 8.78. The molecule has 0 saturated carbocycles. The van der Waals surface area contributed by atoms with Gasteiger partial charge in [-0.1, -0.05) is 0 Å². The fourth-order valence-corrected chi connectivity index (χ4v) is 1.26. The molecule has 2 heterocycles. The minimum Gasteiger partial charge on any atom is -0.478 e. The van der Waals surface area contributed by atoms with Crippen molar-refractivity contribution in [1.29, 1.82) is 0 Å². The van der Waals surface area contributed by atoms with Crippen LogP contribution >= 0.6 is 0 Å². The van der Waals surface area contributed by atoms with E-state index in [0.717, 1.165) is 0 Å². The maximum absolute atomic E-state index is 10.7. The number of nitrogens with zero attached hydrogens (tertiary/aromatic N) is 1. The van der Waals surface area contributed by atoms with E-state index in [2.05, 4.69) is 4.98 Å². The molecule has 0 aliphatic rings. The number of carboxylic acid groups (broad SMARTS) is 1. The van der Waals surface area contributed by atoms with Crippen LogP contribution in [0.4, 0.5) is 0 Å². The van der Waals surface area contributed by atoms with Crippen molar-refractivity contribution in [3.63, 3.8) is 0 Å². The first kappa shape index (κ1) is 10.1. The number of pyridine rings is 1. The first-order chi connectivity index (χ1) is 7.70. The van der Waals surface area contributed by atoms with E-state index >= 15 is 0 Å². The zero-order chi connectivity index (χ0) is 11.5. The summed E-state index contributed by atoms with van der Waals surface area (Å²) in [5.74, 6) is -0.454. The fraction of sp³-hybridized carbons (Fsp3) is 0. The van der Waals surface area contributed by atoms with E-state index in [0.29, 0.717) is 17.6 Å². The van der Waals surface area contributed by atoms with Gasteiger partial charge in [0.15, 0.2) is 12.0 Å². The van der Waals surface area contributed by atoms with Crippen molar-refractivity contribution in [2.75, 3.05) is 0 Å². The molecule has 80 valence electrons. The van der Waals surface area contributed by atoms with Crippen molar-refractivity contribution in [1.82, 2.24) is 4.98 Å². The Morgan fingerprint density at radius 1 is 1.38 bits per heavy atom. The van der Waals surface area contributed by atoms with Crippen molar-refractivity contribution in [2.45, 2.75) is 0 Å². The van der Waals surface area contributed by atoms with Gasteiger partial charge in [0.2, 0.25) is 0 Å². The number of furan rings is 1. The molecule has 5 heteroatoms. The Morgan fingerprint density at radius 3 is 2.81 bits per heavy atom. The number of carbonyl (C=O) groups is 2. The van der Waals surface area contributed by atoms with Crippen LogP contribution in [0.3, 0.4) is 0 Å². The molecule has 0 spiro atoms. The quantitative estimate of drug-likeness (QED) is 0.793. The first-order valence-electron chi connectivity index (χ1n) is 4.44. The van der Waals surface area contributed by atoms with Crippen LogP contribution in [0, 0.1) is 0 Å². The molecule has 0 bridgehead atoms. The van der Waals surface area contributed by atoms with Gasteiger partial charge in [0.25, 0.3) is 0 Å². The molecule has 16 heavy (non-hydrogen) atoms. The summed E-state index contributed by atoms with van der Waals surface area (Å²) in [6.07, 6.45) is 3.30. The zero-order valence-corrected chi connectivity index (χ0v) is 8.08. The molecule has 2 aromatic heterocycles. The maximum Gasteiger partial charge on any atom is 0.337 e. The van der Waals surface area contributed by atoms with E-state index in [9.17, 15) is 9.59 Å². The Hall–Kier alpha value is -2.43. The third kappa shape index (κ3) is 1.83. The van der Waals surface area contributed by atoms with Crippen LogP contribution in [0.1, 0.15) is 20.9 Å². The van der Waals surface area contributed by atoms with Crippen LogP contribution < -0.4 is 0 Å². The van der Waals surface area contributed by atoms with Gasteiger partial charge in [-0.25, -0.2) is 4.79 Å². The molecule has 0 fully saturated rings. The SMILES string of the molecule is O=Cc1ccc(-c2cncc(C(=O)O)c2)o1. The molecule has 0 aromatic carbocycles. The molecule has 0 radical (unpaired) electrons. The number of carbonyl (C=O) groups excluding carboxylic acids is 1. The number of rotatable bonds is 3. The number of carboxylic acids is 1. The summed E-state index contributed by atoms with van der Waals surface area (Å²) in [6.45, 7) is 0. The second-order valence-electron chi connectivity index (χ2n) is 3.09. The van der Waals surface area contributed by atoms with Crippen LogP contribution in [0.2, 0.25) is 0 Å². The van der Waals surface area contributed by atoms with E-state index < -0.39 is 5.97 Å². The van der Waals surface area contributed by atoms with E-state index in [4.69, 9.17) is 9.52 Å². The monoisotopic (exact) mass is 217 g/mol. The lowest BCUT2D eigenvalue weighted by molar-refractivity contribution is 0.0696. The lowest BCUT2D eigenvalue weighted by atomic mass is 10.2. The molecule has 0 atom stereocenters. The fourth-order valence-electron chi connectivity index (χ4n) is 1.26. The molecule has 0 unspecified atom stereocenters. The smallest absolute Gasteiger partial charge is 0.337 e. The molecule has 0 aliphatic carbocycles. The van der Waals surface area contributed by atoms with Gasteiger partial charge >= 0.3 is 5.97 Å².